The van der Waals surface area contributed by atoms with E-state index in [1.807, 2.05) is 0 Å². The number of aliphatic hydroxyl groups excluding tert-OH is 1. The Bertz CT molecular complexity index is 1880. The fourth-order valence-corrected chi connectivity index (χ4v) is 6.52. The first kappa shape index (κ1) is 32.1. The molecule has 3 aromatic heterocycles. The van der Waals surface area contributed by atoms with Crippen molar-refractivity contribution in [2.24, 2.45) is 0 Å². The van der Waals surface area contributed by atoms with E-state index in [1.165, 1.54) is 19.4 Å². The summed E-state index contributed by atoms with van der Waals surface area (Å²) >= 11 is 0. The van der Waals surface area contributed by atoms with E-state index in [-0.39, 0.29) is 54.0 Å². The number of sulfonamides is 1. The summed E-state index contributed by atoms with van der Waals surface area (Å²) in [5.74, 6) is -0.115. The molecule has 5 rings (SSSR count). The van der Waals surface area contributed by atoms with E-state index >= 15 is 0 Å². The standard InChI is InChI=1S/C29H31F3N6O6S/c1-16-22-14-23(27(40)38(25(22)36-28(33)35-16)19-5-7-20(8-6-19)44-12-11-39)17-13-24(26(43-2)34-15-17)37-45(41,42)21-9-3-18(4-10-21)29(30,31)32/h3-4,9-10,13-15,19-20,37,39H,5-8,11-12H2,1-2H3,(H2,33,35,36). The maximum absolute atomic E-state index is 14.2. The van der Waals surface area contributed by atoms with E-state index in [4.69, 9.17) is 20.3 Å². The fraction of sp³-hybridized carbons (Fsp3) is 0.379. The van der Waals surface area contributed by atoms with Crippen LogP contribution in [0.1, 0.15) is 43.0 Å². The minimum absolute atomic E-state index is 0.00642. The molecular weight excluding hydrogens is 617 g/mol. The normalized spacial score (nSPS) is 17.4. The largest absolute Gasteiger partial charge is 0.480 e. The third-order valence-corrected chi connectivity index (χ3v) is 9.03. The van der Waals surface area contributed by atoms with E-state index in [0.717, 1.165) is 12.1 Å². The van der Waals surface area contributed by atoms with Gasteiger partial charge in [-0.25, -0.2) is 18.4 Å². The Morgan fingerprint density at radius 2 is 1.80 bits per heavy atom. The topological polar surface area (TPSA) is 172 Å². The minimum atomic E-state index is -4.63. The molecule has 4 aromatic rings. The zero-order valence-electron chi connectivity index (χ0n) is 24.3. The van der Waals surface area contributed by atoms with Crippen LogP contribution in [0, 0.1) is 6.92 Å². The second-order valence-electron chi connectivity index (χ2n) is 10.6. The highest BCUT2D eigenvalue weighted by molar-refractivity contribution is 7.92. The van der Waals surface area contributed by atoms with Crippen molar-refractivity contribution < 1.29 is 36.2 Å². The molecule has 0 aliphatic heterocycles. The van der Waals surface area contributed by atoms with Crippen molar-refractivity contribution in [3.05, 3.63) is 64.2 Å². The number of nitrogens with two attached hydrogens (primary N) is 1. The van der Waals surface area contributed by atoms with Crippen molar-refractivity contribution in [2.45, 2.75) is 55.8 Å². The highest BCUT2D eigenvalue weighted by atomic mass is 32.2. The van der Waals surface area contributed by atoms with Crippen molar-refractivity contribution in [3.8, 4) is 17.0 Å². The summed E-state index contributed by atoms with van der Waals surface area (Å²) in [7, 11) is -3.11. The van der Waals surface area contributed by atoms with Crippen molar-refractivity contribution in [2.75, 3.05) is 30.8 Å². The van der Waals surface area contributed by atoms with Crippen LogP contribution in [0.4, 0.5) is 24.8 Å². The average Bonchev–Trinajstić information content (AvgIpc) is 2.99. The predicted octanol–water partition coefficient (Wildman–Crippen LogP) is 4.06. The first-order valence-corrected chi connectivity index (χ1v) is 15.5. The van der Waals surface area contributed by atoms with E-state index in [9.17, 15) is 26.4 Å². The number of pyridine rings is 2. The first-order chi connectivity index (χ1) is 21.3. The lowest BCUT2D eigenvalue weighted by Gasteiger charge is -2.30. The van der Waals surface area contributed by atoms with Gasteiger partial charge in [-0.3, -0.25) is 14.1 Å². The quantitative estimate of drug-likeness (QED) is 0.240. The van der Waals surface area contributed by atoms with Gasteiger partial charge in [0.25, 0.3) is 15.6 Å². The number of rotatable bonds is 9. The molecule has 0 unspecified atom stereocenters. The Morgan fingerprint density at radius 1 is 1.11 bits per heavy atom. The Morgan fingerprint density at radius 3 is 2.42 bits per heavy atom. The molecule has 0 saturated heterocycles. The number of nitrogens with zero attached hydrogens (tertiary/aromatic N) is 4. The molecular formula is C29H31F3N6O6S. The van der Waals surface area contributed by atoms with Gasteiger partial charge in [-0.1, -0.05) is 0 Å². The van der Waals surface area contributed by atoms with Gasteiger partial charge < -0.3 is 20.3 Å². The molecule has 1 fully saturated rings. The molecule has 1 aromatic carbocycles. The predicted molar refractivity (Wildman–Crippen MR) is 159 cm³/mol. The van der Waals surface area contributed by atoms with Crippen molar-refractivity contribution >= 4 is 32.7 Å². The molecule has 0 atom stereocenters. The number of hydrogen-bond acceptors (Lipinski definition) is 10. The fourth-order valence-electron chi connectivity index (χ4n) is 5.47. The van der Waals surface area contributed by atoms with E-state index in [0.29, 0.717) is 54.5 Å². The van der Waals surface area contributed by atoms with Crippen molar-refractivity contribution in [1.82, 2.24) is 19.5 Å². The highest BCUT2D eigenvalue weighted by Crippen LogP contribution is 2.35. The molecule has 0 amide bonds. The lowest BCUT2D eigenvalue weighted by atomic mass is 9.92. The molecule has 16 heteroatoms. The molecule has 0 spiro atoms. The lowest BCUT2D eigenvalue weighted by Crippen LogP contribution is -2.32. The molecule has 45 heavy (non-hydrogen) atoms. The molecule has 0 bridgehead atoms. The Kier molecular flexibility index (Phi) is 9.00. The monoisotopic (exact) mass is 648 g/mol. The van der Waals surface area contributed by atoms with E-state index < -0.39 is 32.2 Å². The van der Waals surface area contributed by atoms with E-state index in [2.05, 4.69) is 19.7 Å². The number of nitrogens with one attached hydrogen (secondary N) is 1. The van der Waals surface area contributed by atoms with Gasteiger partial charge in [-0.05, 0) is 69.0 Å². The lowest BCUT2D eigenvalue weighted by molar-refractivity contribution is -0.137. The van der Waals surface area contributed by atoms with Crippen LogP contribution in [0.2, 0.25) is 0 Å². The number of nitrogen functional groups attached to an aromatic ring is 1. The number of alkyl halides is 3. The van der Waals surface area contributed by atoms with Crippen LogP contribution in [-0.4, -0.2) is 59.5 Å². The highest BCUT2D eigenvalue weighted by Gasteiger charge is 2.31. The molecule has 1 aliphatic rings. The van der Waals surface area contributed by atoms with Gasteiger partial charge in [0.1, 0.15) is 11.3 Å². The Balaban J connectivity index is 1.57. The summed E-state index contributed by atoms with van der Waals surface area (Å²) < 4.78 is 80.2. The van der Waals surface area contributed by atoms with Gasteiger partial charge in [-0.15, -0.1) is 0 Å². The summed E-state index contributed by atoms with van der Waals surface area (Å²) in [6.45, 7) is 1.88. The Labute approximate surface area is 256 Å². The van der Waals surface area contributed by atoms with Crippen LogP contribution in [0.25, 0.3) is 22.2 Å². The van der Waals surface area contributed by atoms with E-state index in [1.54, 1.807) is 17.6 Å². The number of aliphatic hydroxyl groups is 1. The number of aromatic nitrogens is 4. The van der Waals surface area contributed by atoms with Crippen LogP contribution in [0.3, 0.4) is 0 Å². The smallest absolute Gasteiger partial charge is 0.416 e. The van der Waals surface area contributed by atoms with Crippen LogP contribution in [0.15, 0.2) is 52.3 Å². The zero-order valence-corrected chi connectivity index (χ0v) is 25.2. The minimum Gasteiger partial charge on any atom is -0.480 e. The summed E-state index contributed by atoms with van der Waals surface area (Å²) in [5, 5.41) is 9.65. The summed E-state index contributed by atoms with van der Waals surface area (Å²) in [6, 6.07) is 5.73. The van der Waals surface area contributed by atoms with Gasteiger partial charge in [-0.2, -0.15) is 18.2 Å². The maximum Gasteiger partial charge on any atom is 0.416 e. The first-order valence-electron chi connectivity index (χ1n) is 14.0. The molecule has 4 N–H and O–H groups in total. The Hall–Kier alpha value is -4.28. The SMILES string of the molecule is COc1ncc(-c2cc3c(C)nc(N)nc3n(C3CCC(OCCO)CC3)c2=O)cc1NS(=O)(=O)c1ccc(C(F)(F)F)cc1. The number of halogens is 3. The van der Waals surface area contributed by atoms with Gasteiger partial charge >= 0.3 is 6.18 Å². The number of benzene rings is 1. The summed E-state index contributed by atoms with van der Waals surface area (Å²) in [4.78, 5) is 26.6. The molecule has 240 valence electrons. The van der Waals surface area contributed by atoms with Crippen LogP contribution < -0.4 is 20.8 Å². The number of methoxy groups -OCH3 is 1. The van der Waals surface area contributed by atoms with Gasteiger partial charge in [0.05, 0.1) is 42.6 Å². The number of hydrogen-bond donors (Lipinski definition) is 3. The zero-order chi connectivity index (χ0) is 32.5. The van der Waals surface area contributed by atoms with Crippen LogP contribution >= 0.6 is 0 Å². The van der Waals surface area contributed by atoms with Gasteiger partial charge in [0.2, 0.25) is 11.8 Å². The number of anilines is 2. The van der Waals surface area contributed by atoms with Crippen LogP contribution in [0.5, 0.6) is 5.88 Å². The third-order valence-electron chi connectivity index (χ3n) is 7.64. The summed E-state index contributed by atoms with van der Waals surface area (Å²) in [5.41, 5.74) is 5.73. The molecule has 12 nitrogen and oxygen atoms in total. The number of fused-ring (bicyclic) bond motifs is 1. The summed E-state index contributed by atoms with van der Waals surface area (Å²) in [6.07, 6.45) is -0.829. The third kappa shape index (κ3) is 6.72. The average molecular weight is 649 g/mol. The molecule has 1 aliphatic carbocycles. The maximum atomic E-state index is 14.2. The number of ether oxygens (including phenoxy) is 2. The van der Waals surface area contributed by atoms with Crippen molar-refractivity contribution in [1.29, 1.82) is 0 Å². The second kappa shape index (κ2) is 12.6. The molecule has 1 saturated carbocycles. The van der Waals surface area contributed by atoms with Crippen LogP contribution in [-0.2, 0) is 20.9 Å². The molecule has 3 heterocycles. The second-order valence-corrected chi connectivity index (χ2v) is 12.3. The van der Waals surface area contributed by atoms with Crippen molar-refractivity contribution in [3.63, 3.8) is 0 Å². The van der Waals surface area contributed by atoms with Gasteiger partial charge in [0, 0.05) is 28.8 Å². The molecule has 0 radical (unpaired) electrons. The number of aryl methyl sites for hydroxylation is 1. The van der Waals surface area contributed by atoms with Gasteiger partial charge in [0.15, 0.2) is 0 Å².